The molecule has 2 atom stereocenters. The minimum atomic E-state index is 0.645. The van der Waals surface area contributed by atoms with Crippen LogP contribution in [0.2, 0.25) is 0 Å². The van der Waals surface area contributed by atoms with Gasteiger partial charge in [0.25, 0.3) is 0 Å². The Labute approximate surface area is 144 Å². The van der Waals surface area contributed by atoms with E-state index in [9.17, 15) is 0 Å². The molecule has 0 fully saturated rings. The number of unbranched alkanes of at least 4 members (excludes halogenated alkanes) is 3. The maximum atomic E-state index is 4.50. The van der Waals surface area contributed by atoms with E-state index in [0.29, 0.717) is 6.04 Å². The summed E-state index contributed by atoms with van der Waals surface area (Å²) in [5, 5.41) is 9.99. The van der Waals surface area contributed by atoms with Crippen LogP contribution in [0.25, 0.3) is 0 Å². The van der Waals surface area contributed by atoms with Gasteiger partial charge in [-0.25, -0.2) is 0 Å². The number of nitrogens with zero attached hydrogens (tertiary/aromatic N) is 3. The van der Waals surface area contributed by atoms with Gasteiger partial charge in [0.15, 0.2) is 0 Å². The van der Waals surface area contributed by atoms with Crippen LogP contribution in [0, 0.1) is 5.92 Å². The minimum absolute atomic E-state index is 0.645. The van der Waals surface area contributed by atoms with Gasteiger partial charge >= 0.3 is 0 Å². The molecule has 23 heavy (non-hydrogen) atoms. The van der Waals surface area contributed by atoms with Gasteiger partial charge in [-0.05, 0) is 52.8 Å². The van der Waals surface area contributed by atoms with E-state index < -0.39 is 0 Å². The molecule has 0 aromatic heterocycles. The van der Waals surface area contributed by atoms with Crippen molar-refractivity contribution in [1.82, 2.24) is 10.3 Å². The van der Waals surface area contributed by atoms with E-state index in [1.54, 1.807) is 0 Å². The fraction of sp³-hybridized carbons (Fsp3) is 0.895. The van der Waals surface area contributed by atoms with Crippen LogP contribution in [-0.4, -0.2) is 50.7 Å². The van der Waals surface area contributed by atoms with Gasteiger partial charge in [0.2, 0.25) is 0 Å². The number of hydrogen-bond acceptors (Lipinski definition) is 4. The highest BCUT2D eigenvalue weighted by Gasteiger charge is 2.12. The third-order valence-electron chi connectivity index (χ3n) is 4.47. The maximum Gasteiger partial charge on any atom is 0.0574 e. The van der Waals surface area contributed by atoms with Gasteiger partial charge in [-0.3, -0.25) is 10.0 Å². The molecule has 2 unspecified atom stereocenters. The molecular formula is C19H40N4. The first-order valence-electron chi connectivity index (χ1n) is 9.51. The molecule has 0 heterocycles. The standard InChI is InChI=1S/C19H40N4/c1-6-8-13-19(14-11-9-10-12-18(3)21-5)17-23(22-7-2)16-15-20-4/h7,18-19,21H,4,6,8-17H2,1-3,5H3/b22-7-. The van der Waals surface area contributed by atoms with Gasteiger partial charge in [0.05, 0.1) is 13.1 Å². The summed E-state index contributed by atoms with van der Waals surface area (Å²) >= 11 is 0. The van der Waals surface area contributed by atoms with E-state index in [-0.39, 0.29) is 0 Å². The number of hydrogen-bond donors (Lipinski definition) is 1. The Balaban J connectivity index is 4.18. The quantitative estimate of drug-likeness (QED) is 0.260. The number of rotatable bonds is 16. The lowest BCUT2D eigenvalue weighted by Gasteiger charge is -2.25. The van der Waals surface area contributed by atoms with Crippen molar-refractivity contribution in [2.24, 2.45) is 16.0 Å². The molecule has 0 radical (unpaired) electrons. The summed E-state index contributed by atoms with van der Waals surface area (Å²) in [5.41, 5.74) is 0. The van der Waals surface area contributed by atoms with Gasteiger partial charge in [0, 0.05) is 18.8 Å². The second-order valence-corrected chi connectivity index (χ2v) is 6.57. The molecule has 4 nitrogen and oxygen atoms in total. The van der Waals surface area contributed by atoms with Crippen molar-refractivity contribution in [3.8, 4) is 0 Å². The highest BCUT2D eigenvalue weighted by Crippen LogP contribution is 2.19. The third kappa shape index (κ3) is 13.3. The summed E-state index contributed by atoms with van der Waals surface area (Å²) in [6.07, 6.45) is 12.4. The van der Waals surface area contributed by atoms with Crippen molar-refractivity contribution in [2.75, 3.05) is 26.7 Å². The van der Waals surface area contributed by atoms with Gasteiger partial charge < -0.3 is 5.32 Å². The van der Waals surface area contributed by atoms with Crippen LogP contribution < -0.4 is 5.32 Å². The fourth-order valence-corrected chi connectivity index (χ4v) is 2.87. The third-order valence-corrected chi connectivity index (χ3v) is 4.47. The van der Waals surface area contributed by atoms with E-state index in [2.05, 4.69) is 41.0 Å². The smallest absolute Gasteiger partial charge is 0.0574 e. The number of aliphatic imine (C=N–C) groups is 1. The van der Waals surface area contributed by atoms with Crippen molar-refractivity contribution in [3.63, 3.8) is 0 Å². The molecule has 0 aliphatic rings. The normalized spacial score (nSPS) is 14.1. The van der Waals surface area contributed by atoms with Gasteiger partial charge in [0.1, 0.15) is 0 Å². The molecule has 0 spiro atoms. The number of nitrogens with one attached hydrogen (secondary N) is 1. The lowest BCUT2D eigenvalue weighted by atomic mass is 9.94. The van der Waals surface area contributed by atoms with Gasteiger partial charge in [-0.2, -0.15) is 5.10 Å². The lowest BCUT2D eigenvalue weighted by molar-refractivity contribution is 0.227. The molecule has 0 aliphatic heterocycles. The molecule has 136 valence electrons. The Hall–Kier alpha value is -0.900. The Morgan fingerprint density at radius 3 is 2.43 bits per heavy atom. The van der Waals surface area contributed by atoms with Crippen molar-refractivity contribution in [2.45, 2.75) is 78.2 Å². The Morgan fingerprint density at radius 1 is 1.13 bits per heavy atom. The average molecular weight is 325 g/mol. The second kappa shape index (κ2) is 16.0. The first-order valence-corrected chi connectivity index (χ1v) is 9.51. The molecule has 0 saturated heterocycles. The van der Waals surface area contributed by atoms with E-state index in [1.807, 2.05) is 20.2 Å². The molecular weight excluding hydrogens is 284 g/mol. The lowest BCUT2D eigenvalue weighted by Crippen LogP contribution is -2.27. The summed E-state index contributed by atoms with van der Waals surface area (Å²) in [6.45, 7) is 12.8. The second-order valence-electron chi connectivity index (χ2n) is 6.57. The van der Waals surface area contributed by atoms with Gasteiger partial charge in [-0.1, -0.05) is 39.0 Å². The zero-order chi connectivity index (χ0) is 17.3. The Morgan fingerprint density at radius 2 is 1.83 bits per heavy atom. The van der Waals surface area contributed by atoms with Crippen molar-refractivity contribution in [3.05, 3.63) is 0 Å². The Bertz CT molecular complexity index is 291. The average Bonchev–Trinajstić information content (AvgIpc) is 2.56. The monoisotopic (exact) mass is 324 g/mol. The predicted octanol–water partition coefficient (Wildman–Crippen LogP) is 4.36. The van der Waals surface area contributed by atoms with Gasteiger partial charge in [-0.15, -0.1) is 0 Å². The van der Waals surface area contributed by atoms with Crippen LogP contribution in [0.15, 0.2) is 10.1 Å². The molecule has 0 aromatic rings. The summed E-state index contributed by atoms with van der Waals surface area (Å²) in [4.78, 5) is 3.97. The molecule has 0 rings (SSSR count). The van der Waals surface area contributed by atoms with E-state index >= 15 is 0 Å². The first kappa shape index (κ1) is 22.1. The van der Waals surface area contributed by atoms with E-state index in [0.717, 1.165) is 25.6 Å². The summed E-state index contributed by atoms with van der Waals surface area (Å²) in [7, 11) is 2.05. The molecule has 0 aromatic carbocycles. The first-order chi connectivity index (χ1) is 11.2. The highest BCUT2D eigenvalue weighted by molar-refractivity contribution is 5.52. The fourth-order valence-electron chi connectivity index (χ4n) is 2.87. The van der Waals surface area contributed by atoms with Crippen LogP contribution >= 0.6 is 0 Å². The minimum Gasteiger partial charge on any atom is -0.317 e. The van der Waals surface area contributed by atoms with Crippen LogP contribution in [0.5, 0.6) is 0 Å². The zero-order valence-corrected chi connectivity index (χ0v) is 16.1. The van der Waals surface area contributed by atoms with Crippen LogP contribution in [0.3, 0.4) is 0 Å². The van der Waals surface area contributed by atoms with Crippen LogP contribution in [0.1, 0.15) is 72.1 Å². The Kier molecular flexibility index (Phi) is 15.4. The van der Waals surface area contributed by atoms with Crippen LogP contribution in [-0.2, 0) is 0 Å². The predicted molar refractivity (Wildman–Crippen MR) is 105 cm³/mol. The topological polar surface area (TPSA) is 40.0 Å². The molecule has 4 heteroatoms. The summed E-state index contributed by atoms with van der Waals surface area (Å²) in [5.74, 6) is 0.755. The largest absolute Gasteiger partial charge is 0.317 e. The molecule has 1 N–H and O–H groups in total. The van der Waals surface area contributed by atoms with Crippen LogP contribution in [0.4, 0.5) is 0 Å². The number of hydrazone groups is 1. The summed E-state index contributed by atoms with van der Waals surface area (Å²) in [6, 6.07) is 0.645. The molecule has 0 aliphatic carbocycles. The molecule has 0 saturated carbocycles. The summed E-state index contributed by atoms with van der Waals surface area (Å²) < 4.78 is 0. The SMILES string of the molecule is C=NCCN(CC(CCCC)CCCCCC(C)NC)/N=C\C. The van der Waals surface area contributed by atoms with E-state index in [1.165, 1.54) is 51.4 Å². The zero-order valence-electron chi connectivity index (χ0n) is 16.1. The van der Waals surface area contributed by atoms with Crippen molar-refractivity contribution < 1.29 is 0 Å². The maximum absolute atomic E-state index is 4.50. The van der Waals surface area contributed by atoms with Crippen molar-refractivity contribution >= 4 is 12.9 Å². The molecule has 0 amide bonds. The highest BCUT2D eigenvalue weighted by atomic mass is 15.4. The molecule has 0 bridgehead atoms. The van der Waals surface area contributed by atoms with Crippen molar-refractivity contribution in [1.29, 1.82) is 0 Å². The van der Waals surface area contributed by atoms with E-state index in [4.69, 9.17) is 0 Å².